The third kappa shape index (κ3) is 5.24. The molecule has 0 amide bonds. The third-order valence-electron chi connectivity index (χ3n) is 7.25. The summed E-state index contributed by atoms with van der Waals surface area (Å²) in [4.78, 5) is 16.4. The van der Waals surface area contributed by atoms with Crippen molar-refractivity contribution in [1.82, 2.24) is 19.2 Å². The molecule has 2 fully saturated rings. The number of methoxy groups -OCH3 is 1. The van der Waals surface area contributed by atoms with Gasteiger partial charge in [-0.05, 0) is 44.0 Å². The van der Waals surface area contributed by atoms with Crippen LogP contribution >= 0.6 is 0 Å². The van der Waals surface area contributed by atoms with Gasteiger partial charge in [-0.25, -0.2) is 18.4 Å². The Morgan fingerprint density at radius 1 is 1.00 bits per heavy atom. The first kappa shape index (κ1) is 25.1. The number of hydrogen-bond acceptors (Lipinski definition) is 9. The van der Waals surface area contributed by atoms with E-state index in [-0.39, 0.29) is 17.0 Å². The molecule has 10 nitrogen and oxygen atoms in total. The Morgan fingerprint density at radius 3 is 2.39 bits per heavy atom. The normalized spacial score (nSPS) is 22.8. The number of sulfonamides is 1. The zero-order valence-electron chi connectivity index (χ0n) is 20.8. The van der Waals surface area contributed by atoms with E-state index >= 15 is 0 Å². The fourth-order valence-corrected chi connectivity index (χ4v) is 6.48. The summed E-state index contributed by atoms with van der Waals surface area (Å²) in [5, 5.41) is 3.35. The summed E-state index contributed by atoms with van der Waals surface area (Å²) in [6, 6.07) is 6.47. The number of amidine groups is 1. The lowest BCUT2D eigenvalue weighted by Gasteiger charge is -2.39. The van der Waals surface area contributed by atoms with Crippen LogP contribution in [0.5, 0.6) is 5.75 Å². The van der Waals surface area contributed by atoms with Gasteiger partial charge in [-0.2, -0.15) is 4.31 Å². The number of piperazine rings is 1. The second-order valence-electron chi connectivity index (χ2n) is 9.47. The zero-order valence-corrected chi connectivity index (χ0v) is 21.7. The minimum atomic E-state index is -3.56. The standard InChI is InChI=1S/C25H34N6O4S/c1-18(30-14-16-31(17-15-30)36(32,33)21-10-8-19(34-2)9-11-21)23-28-24-22(26-12-13-27-24)25(29-23)35-20-6-4-3-5-7-20/h8-13,18,20,25H,3-7,14-17H2,1-2H3,(H,27,28,29). The highest BCUT2D eigenvalue weighted by Gasteiger charge is 2.34. The van der Waals surface area contributed by atoms with Crippen molar-refractivity contribution in [3.05, 3.63) is 42.4 Å². The van der Waals surface area contributed by atoms with Gasteiger partial charge in [0.1, 0.15) is 17.3 Å². The number of nitrogens with one attached hydrogen (secondary N) is 1. The van der Waals surface area contributed by atoms with Crippen LogP contribution in [-0.2, 0) is 14.8 Å². The summed E-state index contributed by atoms with van der Waals surface area (Å²) in [6.45, 7) is 4.09. The van der Waals surface area contributed by atoms with Crippen LogP contribution in [0.25, 0.3) is 0 Å². The lowest BCUT2D eigenvalue weighted by Crippen LogP contribution is -2.54. The molecule has 2 atom stereocenters. The Morgan fingerprint density at radius 2 is 1.69 bits per heavy atom. The number of rotatable bonds is 7. The number of benzene rings is 1. The van der Waals surface area contributed by atoms with Crippen molar-refractivity contribution in [2.75, 3.05) is 38.6 Å². The molecule has 1 aromatic carbocycles. The van der Waals surface area contributed by atoms with Crippen molar-refractivity contribution in [2.24, 2.45) is 4.99 Å². The first-order valence-electron chi connectivity index (χ1n) is 12.6. The molecule has 2 aromatic rings. The van der Waals surface area contributed by atoms with Crippen LogP contribution in [0.2, 0.25) is 0 Å². The van der Waals surface area contributed by atoms with E-state index in [0.29, 0.717) is 37.7 Å². The fourth-order valence-electron chi connectivity index (χ4n) is 5.06. The average molecular weight is 515 g/mol. The highest BCUT2D eigenvalue weighted by molar-refractivity contribution is 7.89. The van der Waals surface area contributed by atoms with Crippen LogP contribution in [0.3, 0.4) is 0 Å². The van der Waals surface area contributed by atoms with Crippen LogP contribution in [0.15, 0.2) is 46.5 Å². The summed E-state index contributed by atoms with van der Waals surface area (Å²) in [7, 11) is -2.00. The van der Waals surface area contributed by atoms with Crippen molar-refractivity contribution in [1.29, 1.82) is 0 Å². The van der Waals surface area contributed by atoms with Crippen molar-refractivity contribution in [2.45, 2.75) is 62.3 Å². The van der Waals surface area contributed by atoms with Crippen molar-refractivity contribution in [3.8, 4) is 5.75 Å². The monoisotopic (exact) mass is 514 g/mol. The number of nitrogens with zero attached hydrogens (tertiary/aromatic N) is 5. The molecule has 11 heteroatoms. The molecule has 1 saturated carbocycles. The highest BCUT2D eigenvalue weighted by Crippen LogP contribution is 2.33. The van der Waals surface area contributed by atoms with Gasteiger partial charge in [-0.1, -0.05) is 19.3 Å². The molecule has 0 bridgehead atoms. The largest absolute Gasteiger partial charge is 0.497 e. The molecule has 3 aliphatic rings. The minimum absolute atomic E-state index is 0.0524. The van der Waals surface area contributed by atoms with E-state index in [9.17, 15) is 8.42 Å². The zero-order chi connectivity index (χ0) is 25.1. The summed E-state index contributed by atoms with van der Waals surface area (Å²) in [5.41, 5.74) is 0.717. The van der Waals surface area contributed by atoms with Crippen LogP contribution in [-0.4, -0.2) is 78.9 Å². The summed E-state index contributed by atoms with van der Waals surface area (Å²) in [5.74, 6) is 2.08. The van der Waals surface area contributed by atoms with E-state index in [1.54, 1.807) is 48.1 Å². The minimum Gasteiger partial charge on any atom is -0.497 e. The summed E-state index contributed by atoms with van der Waals surface area (Å²) >= 11 is 0. The molecule has 5 rings (SSSR count). The second kappa shape index (κ2) is 10.8. The van der Waals surface area contributed by atoms with Crippen LogP contribution in [0.1, 0.15) is 50.9 Å². The molecular weight excluding hydrogens is 480 g/mol. The van der Waals surface area contributed by atoms with Gasteiger partial charge < -0.3 is 14.8 Å². The quantitative estimate of drug-likeness (QED) is 0.601. The van der Waals surface area contributed by atoms with Gasteiger partial charge in [0, 0.05) is 38.6 Å². The molecule has 1 saturated heterocycles. The maximum atomic E-state index is 13.1. The molecule has 2 aliphatic heterocycles. The van der Waals surface area contributed by atoms with Gasteiger partial charge in [0.05, 0.1) is 24.2 Å². The van der Waals surface area contributed by atoms with E-state index in [0.717, 1.165) is 24.4 Å². The average Bonchev–Trinajstić information content (AvgIpc) is 2.93. The number of aromatic nitrogens is 2. The SMILES string of the molecule is COc1ccc(S(=O)(=O)N2CCN(C(C)C3=NC(OC4CCCCC4)c4nccnc4N3)CC2)cc1. The topological polar surface area (TPSA) is 109 Å². The maximum Gasteiger partial charge on any atom is 0.243 e. The Hall–Kier alpha value is -2.60. The molecule has 2 unspecified atom stereocenters. The number of fused-ring (bicyclic) bond motifs is 1. The van der Waals surface area contributed by atoms with Crippen LogP contribution < -0.4 is 10.1 Å². The van der Waals surface area contributed by atoms with Gasteiger partial charge >= 0.3 is 0 Å². The van der Waals surface area contributed by atoms with Crippen LogP contribution in [0.4, 0.5) is 5.82 Å². The van der Waals surface area contributed by atoms with Crippen molar-refractivity contribution < 1.29 is 17.9 Å². The summed E-state index contributed by atoms with van der Waals surface area (Å²) in [6.07, 6.45) is 8.75. The molecule has 0 radical (unpaired) electrons. The van der Waals surface area contributed by atoms with Gasteiger partial charge in [-0.3, -0.25) is 9.88 Å². The Balaban J connectivity index is 1.26. The second-order valence-corrected chi connectivity index (χ2v) is 11.4. The van der Waals surface area contributed by atoms with E-state index in [2.05, 4.69) is 27.1 Å². The molecule has 3 heterocycles. The highest BCUT2D eigenvalue weighted by atomic mass is 32.2. The number of hydrogen-bond donors (Lipinski definition) is 1. The molecule has 1 aliphatic carbocycles. The van der Waals surface area contributed by atoms with Gasteiger partial charge in [0.15, 0.2) is 12.0 Å². The van der Waals surface area contributed by atoms with Crippen molar-refractivity contribution in [3.63, 3.8) is 0 Å². The van der Waals surface area contributed by atoms with E-state index in [1.165, 1.54) is 19.3 Å². The fraction of sp³-hybridized carbons (Fsp3) is 0.560. The van der Waals surface area contributed by atoms with Gasteiger partial charge in [-0.15, -0.1) is 0 Å². The molecule has 1 aromatic heterocycles. The lowest BCUT2D eigenvalue weighted by molar-refractivity contribution is -0.0295. The Labute approximate surface area is 212 Å². The van der Waals surface area contributed by atoms with E-state index in [4.69, 9.17) is 14.5 Å². The maximum absolute atomic E-state index is 13.1. The molecule has 36 heavy (non-hydrogen) atoms. The Bertz CT molecular complexity index is 1180. The predicted octanol–water partition coefficient (Wildman–Crippen LogP) is 3.05. The van der Waals surface area contributed by atoms with Gasteiger partial charge in [0.2, 0.25) is 10.0 Å². The lowest BCUT2D eigenvalue weighted by atomic mass is 9.98. The van der Waals surface area contributed by atoms with E-state index < -0.39 is 16.3 Å². The number of anilines is 1. The first-order chi connectivity index (χ1) is 17.5. The summed E-state index contributed by atoms with van der Waals surface area (Å²) < 4.78 is 39.4. The predicted molar refractivity (Wildman–Crippen MR) is 137 cm³/mol. The number of aliphatic imine (C=N–C) groups is 1. The molecule has 1 N–H and O–H groups in total. The molecule has 0 spiro atoms. The third-order valence-corrected chi connectivity index (χ3v) is 9.16. The smallest absolute Gasteiger partial charge is 0.243 e. The Kier molecular flexibility index (Phi) is 7.52. The van der Waals surface area contributed by atoms with Crippen molar-refractivity contribution >= 4 is 21.7 Å². The van der Waals surface area contributed by atoms with E-state index in [1.807, 2.05) is 0 Å². The number of ether oxygens (including phenoxy) is 2. The molecular formula is C25H34N6O4S. The molecule has 194 valence electrons. The first-order valence-corrected chi connectivity index (χ1v) is 14.1. The van der Waals surface area contributed by atoms with Crippen LogP contribution in [0, 0.1) is 0 Å². The van der Waals surface area contributed by atoms with Gasteiger partial charge in [0.25, 0.3) is 0 Å².